The topological polar surface area (TPSA) is 124 Å². The second-order valence-electron chi connectivity index (χ2n) is 7.55. The average Bonchev–Trinajstić information content (AvgIpc) is 3.35. The predicted molar refractivity (Wildman–Crippen MR) is 106 cm³/mol. The van der Waals surface area contributed by atoms with Crippen LogP contribution in [0.2, 0.25) is 0 Å². The van der Waals surface area contributed by atoms with Crippen LogP contribution >= 0.6 is 0 Å². The van der Waals surface area contributed by atoms with Gasteiger partial charge in [0.25, 0.3) is 0 Å². The molecule has 0 spiro atoms. The van der Waals surface area contributed by atoms with Crippen LogP contribution in [-0.4, -0.2) is 61.0 Å². The minimum absolute atomic E-state index is 0.0132. The van der Waals surface area contributed by atoms with E-state index in [4.69, 9.17) is 9.47 Å². The fourth-order valence-electron chi connectivity index (χ4n) is 3.76. The molecule has 0 radical (unpaired) electrons. The Morgan fingerprint density at radius 3 is 2.79 bits per heavy atom. The van der Waals surface area contributed by atoms with E-state index in [1.807, 2.05) is 0 Å². The molecule has 2 atom stereocenters. The van der Waals surface area contributed by atoms with Gasteiger partial charge in [0.05, 0.1) is 31.3 Å². The van der Waals surface area contributed by atoms with Gasteiger partial charge < -0.3 is 14.8 Å². The van der Waals surface area contributed by atoms with Crippen molar-refractivity contribution < 1.29 is 27.8 Å². The Morgan fingerprint density at radius 1 is 1.30 bits per heavy atom. The molecule has 0 bridgehead atoms. The smallest absolute Gasteiger partial charge is 0.413 e. The zero-order valence-electron chi connectivity index (χ0n) is 17.5. The van der Waals surface area contributed by atoms with Crippen molar-refractivity contribution in [2.24, 2.45) is 7.05 Å². The number of benzene rings is 1. The van der Waals surface area contributed by atoms with Gasteiger partial charge in [-0.2, -0.15) is 4.80 Å². The second-order valence-corrected chi connectivity index (χ2v) is 7.55. The van der Waals surface area contributed by atoms with E-state index in [-0.39, 0.29) is 47.3 Å². The number of carbonyl (C=O) groups is 2. The highest BCUT2D eigenvalue weighted by Gasteiger charge is 2.47. The van der Waals surface area contributed by atoms with Gasteiger partial charge in [-0.1, -0.05) is 6.07 Å². The molecule has 33 heavy (non-hydrogen) atoms. The number of rotatable bonds is 4. The third kappa shape index (κ3) is 3.60. The summed E-state index contributed by atoms with van der Waals surface area (Å²) < 4.78 is 41.4. The number of nitrogens with zero attached hydrogens (tertiary/aromatic N) is 6. The van der Waals surface area contributed by atoms with Crippen LogP contribution in [-0.2, 0) is 23.1 Å². The summed E-state index contributed by atoms with van der Waals surface area (Å²) in [5.74, 6) is -1.79. The molecule has 2 aliphatic heterocycles. The number of tetrazole rings is 1. The van der Waals surface area contributed by atoms with Gasteiger partial charge in [0.1, 0.15) is 23.1 Å². The van der Waals surface area contributed by atoms with Gasteiger partial charge in [0, 0.05) is 24.8 Å². The van der Waals surface area contributed by atoms with Crippen LogP contribution in [0.15, 0.2) is 24.4 Å². The summed E-state index contributed by atoms with van der Waals surface area (Å²) in [7, 11) is 1.60. The predicted octanol–water partition coefficient (Wildman–Crippen LogP) is 1.39. The van der Waals surface area contributed by atoms with E-state index in [1.165, 1.54) is 34.9 Å². The maximum Gasteiger partial charge on any atom is 0.413 e. The van der Waals surface area contributed by atoms with Crippen LogP contribution in [0.5, 0.6) is 5.75 Å². The first-order valence-corrected chi connectivity index (χ1v) is 9.92. The van der Waals surface area contributed by atoms with Crippen molar-refractivity contribution in [3.63, 3.8) is 0 Å². The molecule has 0 saturated carbocycles. The largest absolute Gasteiger partial charge is 0.466 e. The molecule has 1 fully saturated rings. The van der Waals surface area contributed by atoms with E-state index in [2.05, 4.69) is 25.7 Å². The van der Waals surface area contributed by atoms with E-state index in [1.54, 1.807) is 7.05 Å². The van der Waals surface area contributed by atoms with Crippen molar-refractivity contribution in [2.75, 3.05) is 6.54 Å². The van der Waals surface area contributed by atoms with E-state index in [9.17, 15) is 14.0 Å². The number of carbonyl (C=O) groups excluding carboxylic acids is 2. The summed E-state index contributed by atoms with van der Waals surface area (Å²) in [4.78, 5) is 30.1. The molecule has 4 heterocycles. The highest BCUT2D eigenvalue weighted by atomic mass is 19.1. The van der Waals surface area contributed by atoms with Crippen molar-refractivity contribution in [1.29, 1.82) is 0 Å². The summed E-state index contributed by atoms with van der Waals surface area (Å²) in [6.45, 7) is 1.16. The number of aromatic nitrogens is 5. The lowest BCUT2D eigenvalue weighted by Gasteiger charge is -2.32. The van der Waals surface area contributed by atoms with Gasteiger partial charge in [0.2, 0.25) is 18.0 Å². The zero-order valence-corrected chi connectivity index (χ0v) is 17.5. The van der Waals surface area contributed by atoms with Crippen molar-refractivity contribution in [3.05, 3.63) is 41.6 Å². The van der Waals surface area contributed by atoms with E-state index in [0.29, 0.717) is 5.69 Å². The Kier molecular flexibility index (Phi) is 4.87. The van der Waals surface area contributed by atoms with Gasteiger partial charge in [-0.3, -0.25) is 14.7 Å². The third-order valence-corrected chi connectivity index (χ3v) is 5.31. The van der Waals surface area contributed by atoms with Crippen LogP contribution in [0.4, 0.5) is 13.6 Å². The molecule has 3 aromatic rings. The summed E-state index contributed by atoms with van der Waals surface area (Å²) in [6, 6.07) is 4.09. The third-order valence-electron chi connectivity index (χ3n) is 5.31. The number of hydrogen-bond acceptors (Lipinski definition) is 8. The maximum absolute atomic E-state index is 15.4. The van der Waals surface area contributed by atoms with Gasteiger partial charge in [0.15, 0.2) is 6.10 Å². The molecular weight excluding hydrogens is 440 g/mol. The second kappa shape index (κ2) is 7.76. The number of fused-ring (bicyclic) bond motifs is 2. The molecule has 5 rings (SSSR count). The van der Waals surface area contributed by atoms with E-state index >= 15 is 4.39 Å². The zero-order chi connectivity index (χ0) is 23.3. The average molecular weight is 457 g/mol. The summed E-state index contributed by atoms with van der Waals surface area (Å²) in [5.41, 5.74) is 0.292. The van der Waals surface area contributed by atoms with E-state index < -0.39 is 30.1 Å². The van der Waals surface area contributed by atoms with Crippen molar-refractivity contribution >= 4 is 12.0 Å². The van der Waals surface area contributed by atoms with E-state index in [0.717, 1.165) is 6.07 Å². The lowest BCUT2D eigenvalue weighted by molar-refractivity contribution is -0.119. The fourth-order valence-corrected chi connectivity index (χ4v) is 3.76. The maximum atomic E-state index is 15.4. The van der Waals surface area contributed by atoms with Crippen molar-refractivity contribution in [3.8, 4) is 28.4 Å². The Bertz CT molecular complexity index is 1260. The molecule has 2 amide bonds. The summed E-state index contributed by atoms with van der Waals surface area (Å²) >= 11 is 0. The number of pyridine rings is 1. The van der Waals surface area contributed by atoms with Gasteiger partial charge in [-0.25, -0.2) is 13.6 Å². The van der Waals surface area contributed by atoms with Crippen molar-refractivity contribution in [1.82, 2.24) is 35.4 Å². The van der Waals surface area contributed by atoms with Crippen molar-refractivity contribution in [2.45, 2.75) is 25.8 Å². The first kappa shape index (κ1) is 20.7. The fraction of sp³-hybridized carbons (Fsp3) is 0.300. The molecular formula is C20H17F2N7O4. The molecule has 2 aromatic heterocycles. The minimum Gasteiger partial charge on any atom is -0.466 e. The number of halogens is 2. The number of hydrogen-bond donors (Lipinski definition) is 1. The SMILES string of the molecule is CC(=O)NC[C@@H]1OC(=O)N2Cc3c(cc(F)c(-c4ccc(-c5nnn(C)n5)nc4)c3F)O[C@@H]12. The first-order valence-electron chi connectivity index (χ1n) is 9.92. The highest BCUT2D eigenvalue weighted by molar-refractivity contribution is 5.74. The van der Waals surface area contributed by atoms with Crippen LogP contribution in [0.3, 0.4) is 0 Å². The molecule has 0 unspecified atom stereocenters. The number of aryl methyl sites for hydroxylation is 1. The Labute approximate surface area is 185 Å². The molecule has 0 aliphatic carbocycles. The number of amides is 2. The standard InChI is InChI=1S/C20H17F2N7O4/c1-9(30)23-7-15-19-29(20(31)33-15)8-11-14(32-19)5-12(21)16(17(11)22)10-3-4-13(24-6-10)18-25-27-28(2)26-18/h3-6,15,19H,7-8H2,1-2H3,(H,23,30)/t15-,19-/m0/s1. The minimum atomic E-state index is -0.915. The molecule has 13 heteroatoms. The summed E-state index contributed by atoms with van der Waals surface area (Å²) in [6.07, 6.45) is -1.14. The van der Waals surface area contributed by atoms with Crippen LogP contribution in [0.25, 0.3) is 22.6 Å². The molecule has 1 aromatic carbocycles. The number of ether oxygens (including phenoxy) is 2. The van der Waals surface area contributed by atoms with Gasteiger partial charge in [-0.15, -0.1) is 10.2 Å². The summed E-state index contributed by atoms with van der Waals surface area (Å²) in [5, 5.41) is 14.2. The Balaban J connectivity index is 1.46. The lowest BCUT2D eigenvalue weighted by atomic mass is 10.00. The molecule has 2 aliphatic rings. The molecule has 1 saturated heterocycles. The molecule has 11 nitrogen and oxygen atoms in total. The first-order chi connectivity index (χ1) is 15.8. The Hall–Kier alpha value is -4.16. The van der Waals surface area contributed by atoms with Gasteiger partial charge >= 0.3 is 6.09 Å². The lowest BCUT2D eigenvalue weighted by Crippen LogP contribution is -2.47. The van der Waals surface area contributed by atoms with Gasteiger partial charge in [-0.05, 0) is 11.3 Å². The normalized spacial score (nSPS) is 18.9. The molecule has 170 valence electrons. The van der Waals surface area contributed by atoms with Crippen LogP contribution in [0.1, 0.15) is 12.5 Å². The number of nitrogens with one attached hydrogen (secondary N) is 1. The molecule has 1 N–H and O–H groups in total. The van der Waals surface area contributed by atoms with Crippen LogP contribution in [0, 0.1) is 11.6 Å². The quantitative estimate of drug-likeness (QED) is 0.623. The highest BCUT2D eigenvalue weighted by Crippen LogP contribution is 2.40. The van der Waals surface area contributed by atoms with Crippen LogP contribution < -0.4 is 10.1 Å². The Morgan fingerprint density at radius 2 is 2.12 bits per heavy atom. The number of cyclic esters (lactones) is 1. The monoisotopic (exact) mass is 457 g/mol.